The molecule has 1 amide bonds. The van der Waals surface area contributed by atoms with Gasteiger partial charge in [-0.15, -0.1) is 0 Å². The van der Waals surface area contributed by atoms with Crippen LogP contribution < -0.4 is 0 Å². The second-order valence-corrected chi connectivity index (χ2v) is 6.45. The maximum Gasteiger partial charge on any atom is 0.274 e. The Morgan fingerprint density at radius 2 is 2.10 bits per heavy atom. The third kappa shape index (κ3) is 3.33. The van der Waals surface area contributed by atoms with Gasteiger partial charge in [0.2, 0.25) is 0 Å². The minimum absolute atomic E-state index is 0.136. The molecule has 6 heteroatoms. The summed E-state index contributed by atoms with van der Waals surface area (Å²) in [5.74, 6) is 0.572. The van der Waals surface area contributed by atoms with Gasteiger partial charge in [-0.05, 0) is 19.8 Å². The van der Waals surface area contributed by atoms with Gasteiger partial charge in [0.05, 0.1) is 22.7 Å². The topological polar surface area (TPSA) is 69.9 Å². The number of nitriles is 1. The van der Waals surface area contributed by atoms with Crippen LogP contribution in [0.5, 0.6) is 0 Å². The molecule has 0 atom stereocenters. The van der Waals surface area contributed by atoms with Gasteiger partial charge in [-0.3, -0.25) is 4.79 Å². The zero-order valence-corrected chi connectivity index (χ0v) is 13.3. The quantitative estimate of drug-likeness (QED) is 0.842. The number of hydrogen-bond acceptors (Lipinski definition) is 4. The molecule has 1 aliphatic heterocycles. The average molecular weight is 307 g/mol. The lowest BCUT2D eigenvalue weighted by atomic mass is 9.82. The molecule has 1 aliphatic rings. The second-order valence-electron chi connectivity index (χ2n) is 6.04. The summed E-state index contributed by atoms with van der Waals surface area (Å²) in [4.78, 5) is 22.7. The highest BCUT2D eigenvalue weighted by Crippen LogP contribution is 2.30. The van der Waals surface area contributed by atoms with Crippen molar-refractivity contribution in [2.45, 2.75) is 39.5 Å². The molecule has 0 bridgehead atoms. The van der Waals surface area contributed by atoms with Gasteiger partial charge in [0.25, 0.3) is 5.91 Å². The Bertz CT molecular complexity index is 586. The molecule has 0 spiro atoms. The Kier molecular flexibility index (Phi) is 4.48. The van der Waals surface area contributed by atoms with E-state index in [0.717, 1.165) is 0 Å². The number of nitrogens with zero attached hydrogens (tertiary/aromatic N) is 4. The van der Waals surface area contributed by atoms with Crippen LogP contribution in [0.1, 0.15) is 55.8 Å². The Morgan fingerprint density at radius 1 is 1.48 bits per heavy atom. The first-order valence-electron chi connectivity index (χ1n) is 7.09. The molecule has 0 unspecified atom stereocenters. The standard InChI is InChI=1S/C15H19ClN4O/c1-10(2)13-18-8-11(16)12(19-13)14(21)20-6-4-15(3,9-17)5-7-20/h8,10H,4-7H2,1-3H3. The SMILES string of the molecule is CC(C)c1ncc(Cl)c(C(=O)N2CCC(C)(C#N)CC2)n1. The van der Waals surface area contributed by atoms with Gasteiger partial charge in [0, 0.05) is 19.0 Å². The number of likely N-dealkylation sites (tertiary alicyclic amines) is 1. The van der Waals surface area contributed by atoms with E-state index in [4.69, 9.17) is 16.9 Å². The maximum atomic E-state index is 12.6. The molecular weight excluding hydrogens is 288 g/mol. The van der Waals surface area contributed by atoms with Gasteiger partial charge in [0.15, 0.2) is 5.69 Å². The molecule has 112 valence electrons. The largest absolute Gasteiger partial charge is 0.337 e. The summed E-state index contributed by atoms with van der Waals surface area (Å²) in [7, 11) is 0. The van der Waals surface area contributed by atoms with E-state index < -0.39 is 0 Å². The molecule has 1 aromatic heterocycles. The Hall–Kier alpha value is -1.67. The molecule has 1 fully saturated rings. The first kappa shape index (κ1) is 15.7. The van der Waals surface area contributed by atoms with Crippen molar-refractivity contribution < 1.29 is 4.79 Å². The predicted molar refractivity (Wildman–Crippen MR) is 80.0 cm³/mol. The minimum Gasteiger partial charge on any atom is -0.337 e. The zero-order valence-electron chi connectivity index (χ0n) is 12.6. The number of aromatic nitrogens is 2. The normalized spacial score (nSPS) is 17.6. The van der Waals surface area contributed by atoms with Crippen LogP contribution in [0.25, 0.3) is 0 Å². The first-order chi connectivity index (χ1) is 9.86. The predicted octanol–water partition coefficient (Wildman–Crippen LogP) is 3.02. The number of carbonyl (C=O) groups is 1. The molecule has 2 rings (SSSR count). The van der Waals surface area contributed by atoms with E-state index >= 15 is 0 Å². The number of amides is 1. The van der Waals surface area contributed by atoms with Crippen LogP contribution in [-0.2, 0) is 0 Å². The second kappa shape index (κ2) is 5.98. The van der Waals surface area contributed by atoms with Gasteiger partial charge >= 0.3 is 0 Å². The third-order valence-electron chi connectivity index (χ3n) is 3.91. The highest BCUT2D eigenvalue weighted by Gasteiger charge is 2.33. The molecule has 0 saturated carbocycles. The summed E-state index contributed by atoms with van der Waals surface area (Å²) < 4.78 is 0. The Morgan fingerprint density at radius 3 is 2.62 bits per heavy atom. The first-order valence-corrected chi connectivity index (χ1v) is 7.47. The molecule has 1 aromatic rings. The molecule has 0 N–H and O–H groups in total. The molecule has 5 nitrogen and oxygen atoms in total. The zero-order chi connectivity index (χ0) is 15.6. The fourth-order valence-electron chi connectivity index (χ4n) is 2.27. The van der Waals surface area contributed by atoms with E-state index in [1.807, 2.05) is 20.8 Å². The summed E-state index contributed by atoms with van der Waals surface area (Å²) in [6.07, 6.45) is 2.84. The minimum atomic E-state index is -0.338. The van der Waals surface area contributed by atoms with Crippen LogP contribution in [0.4, 0.5) is 0 Å². The maximum absolute atomic E-state index is 12.6. The monoisotopic (exact) mass is 306 g/mol. The van der Waals surface area contributed by atoms with E-state index in [1.54, 1.807) is 4.90 Å². The van der Waals surface area contributed by atoms with Crippen molar-refractivity contribution in [2.75, 3.05) is 13.1 Å². The van der Waals surface area contributed by atoms with Crippen molar-refractivity contribution in [1.29, 1.82) is 5.26 Å². The average Bonchev–Trinajstić information content (AvgIpc) is 2.47. The summed E-state index contributed by atoms with van der Waals surface area (Å²) in [6.45, 7) is 6.98. The van der Waals surface area contributed by atoms with Gasteiger partial charge in [-0.2, -0.15) is 5.26 Å². The van der Waals surface area contributed by atoms with Gasteiger partial charge in [-0.1, -0.05) is 25.4 Å². The number of piperidine rings is 1. The molecular formula is C15H19ClN4O. The Labute approximate surface area is 129 Å². The summed E-state index contributed by atoms with van der Waals surface area (Å²) in [5, 5.41) is 9.41. The lowest BCUT2D eigenvalue weighted by Crippen LogP contribution is -2.42. The van der Waals surface area contributed by atoms with Crippen molar-refractivity contribution in [3.05, 3.63) is 22.7 Å². The van der Waals surface area contributed by atoms with Crippen molar-refractivity contribution in [3.8, 4) is 6.07 Å². The molecule has 0 aliphatic carbocycles. The highest BCUT2D eigenvalue weighted by molar-refractivity contribution is 6.33. The van der Waals surface area contributed by atoms with Crippen molar-refractivity contribution in [3.63, 3.8) is 0 Å². The van der Waals surface area contributed by atoms with Crippen LogP contribution in [0.2, 0.25) is 5.02 Å². The van der Waals surface area contributed by atoms with Gasteiger partial charge in [0.1, 0.15) is 5.82 Å². The van der Waals surface area contributed by atoms with Gasteiger partial charge in [-0.25, -0.2) is 9.97 Å². The smallest absolute Gasteiger partial charge is 0.274 e. The number of rotatable bonds is 2. The molecule has 1 saturated heterocycles. The number of carbonyl (C=O) groups excluding carboxylic acids is 1. The summed E-state index contributed by atoms with van der Waals surface area (Å²) >= 11 is 6.07. The molecule has 21 heavy (non-hydrogen) atoms. The van der Waals surface area contributed by atoms with Crippen LogP contribution in [0.15, 0.2) is 6.20 Å². The van der Waals surface area contributed by atoms with Crippen LogP contribution >= 0.6 is 11.6 Å². The van der Waals surface area contributed by atoms with E-state index in [0.29, 0.717) is 31.8 Å². The van der Waals surface area contributed by atoms with E-state index in [1.165, 1.54) is 6.20 Å². The molecule has 0 radical (unpaired) electrons. The fourth-order valence-corrected chi connectivity index (χ4v) is 2.45. The number of halogens is 1. The van der Waals surface area contributed by atoms with Crippen molar-refractivity contribution in [2.24, 2.45) is 5.41 Å². The molecule has 0 aromatic carbocycles. The summed E-state index contributed by atoms with van der Waals surface area (Å²) in [5.41, 5.74) is -0.0778. The summed E-state index contributed by atoms with van der Waals surface area (Å²) in [6, 6.07) is 2.33. The van der Waals surface area contributed by atoms with Crippen LogP contribution in [-0.4, -0.2) is 33.9 Å². The van der Waals surface area contributed by atoms with Crippen molar-refractivity contribution >= 4 is 17.5 Å². The lowest BCUT2D eigenvalue weighted by Gasteiger charge is -2.34. The molecule has 2 heterocycles. The van der Waals surface area contributed by atoms with E-state index in [9.17, 15) is 4.79 Å². The van der Waals surface area contributed by atoms with E-state index in [2.05, 4.69) is 16.0 Å². The van der Waals surface area contributed by atoms with Crippen LogP contribution in [0, 0.1) is 16.7 Å². The Balaban J connectivity index is 2.18. The van der Waals surface area contributed by atoms with Gasteiger partial charge < -0.3 is 4.90 Å². The third-order valence-corrected chi connectivity index (χ3v) is 4.18. The lowest BCUT2D eigenvalue weighted by molar-refractivity contribution is 0.0655. The van der Waals surface area contributed by atoms with Crippen molar-refractivity contribution in [1.82, 2.24) is 14.9 Å². The van der Waals surface area contributed by atoms with E-state index in [-0.39, 0.29) is 28.0 Å². The number of hydrogen-bond donors (Lipinski definition) is 0. The van der Waals surface area contributed by atoms with Crippen LogP contribution in [0.3, 0.4) is 0 Å². The fraction of sp³-hybridized carbons (Fsp3) is 0.600. The highest BCUT2D eigenvalue weighted by atomic mass is 35.5.